The molecule has 1 atom stereocenters. The fraction of sp³-hybridized carbons (Fsp3) is 0.292. The van der Waals surface area contributed by atoms with E-state index < -0.39 is 0 Å². The molecule has 3 aromatic rings. The highest BCUT2D eigenvalue weighted by molar-refractivity contribution is 6.01. The first-order valence-electron chi connectivity index (χ1n) is 9.76. The quantitative estimate of drug-likeness (QED) is 0.663. The van der Waals surface area contributed by atoms with Gasteiger partial charge < -0.3 is 4.90 Å². The van der Waals surface area contributed by atoms with Gasteiger partial charge in [0, 0.05) is 12.1 Å². The minimum Gasteiger partial charge on any atom is -0.352 e. The molecule has 0 aliphatic carbocycles. The average Bonchev–Trinajstić information content (AvgIpc) is 3.30. The maximum Gasteiger partial charge on any atom is 0.131 e. The van der Waals surface area contributed by atoms with Gasteiger partial charge in [-0.25, -0.2) is 0 Å². The third-order valence-corrected chi connectivity index (χ3v) is 5.90. The third kappa shape index (κ3) is 2.70. The van der Waals surface area contributed by atoms with Crippen molar-refractivity contribution in [2.45, 2.75) is 31.7 Å². The van der Waals surface area contributed by atoms with Crippen LogP contribution in [0.4, 0.5) is 0 Å². The summed E-state index contributed by atoms with van der Waals surface area (Å²) in [7, 11) is 0. The lowest BCUT2D eigenvalue weighted by atomic mass is 9.96. The number of hydrogen-bond acceptors (Lipinski definition) is 2. The van der Waals surface area contributed by atoms with E-state index in [0.29, 0.717) is 6.04 Å². The van der Waals surface area contributed by atoms with Crippen molar-refractivity contribution in [2.24, 2.45) is 4.99 Å². The Balaban J connectivity index is 1.43. The van der Waals surface area contributed by atoms with Crippen LogP contribution in [0.15, 0.2) is 71.7 Å². The first kappa shape index (κ1) is 15.6. The molecule has 2 nitrogen and oxygen atoms in total. The summed E-state index contributed by atoms with van der Waals surface area (Å²) in [6.07, 6.45) is 4.73. The zero-order valence-electron chi connectivity index (χ0n) is 15.1. The van der Waals surface area contributed by atoms with Crippen LogP contribution >= 0.6 is 0 Å². The van der Waals surface area contributed by atoms with Gasteiger partial charge in [-0.05, 0) is 47.6 Å². The van der Waals surface area contributed by atoms with E-state index in [1.54, 1.807) is 0 Å². The SMILES string of the molecule is c1ccc(C2=NC[C@@H]3CCCN23)c(CCc2cccc3ccccc23)c1. The Labute approximate surface area is 155 Å². The second-order valence-corrected chi connectivity index (χ2v) is 7.45. The Morgan fingerprint density at radius 2 is 1.62 bits per heavy atom. The first-order chi connectivity index (χ1) is 12.9. The van der Waals surface area contributed by atoms with Crippen molar-refractivity contribution >= 4 is 16.6 Å². The van der Waals surface area contributed by atoms with Gasteiger partial charge in [0.1, 0.15) is 5.84 Å². The molecular weight excluding hydrogens is 316 g/mol. The molecule has 3 aromatic carbocycles. The van der Waals surface area contributed by atoms with Crippen LogP contribution in [0.25, 0.3) is 10.8 Å². The summed E-state index contributed by atoms with van der Waals surface area (Å²) in [5, 5.41) is 2.71. The Bertz CT molecular complexity index is 967. The number of aryl methyl sites for hydroxylation is 2. The molecule has 5 rings (SSSR count). The van der Waals surface area contributed by atoms with Crippen molar-refractivity contribution in [3.8, 4) is 0 Å². The van der Waals surface area contributed by atoms with E-state index in [1.165, 1.54) is 52.7 Å². The summed E-state index contributed by atoms with van der Waals surface area (Å²) in [4.78, 5) is 7.44. The van der Waals surface area contributed by atoms with Gasteiger partial charge in [-0.3, -0.25) is 4.99 Å². The van der Waals surface area contributed by atoms with E-state index in [2.05, 4.69) is 71.6 Å². The molecule has 1 fully saturated rings. The topological polar surface area (TPSA) is 15.6 Å². The standard InChI is InChI=1S/C24H24N2/c1-3-12-22-18(7-1)9-5-10-19(22)14-15-20-8-2-4-13-23(20)24-25-17-21-11-6-16-26(21)24/h1-5,7-10,12-13,21H,6,11,14-17H2/t21-/m0/s1. The molecule has 2 aliphatic rings. The van der Waals surface area contributed by atoms with Gasteiger partial charge in [-0.2, -0.15) is 0 Å². The lowest BCUT2D eigenvalue weighted by molar-refractivity contribution is 0.431. The lowest BCUT2D eigenvalue weighted by Gasteiger charge is -2.21. The number of benzene rings is 3. The predicted octanol–water partition coefficient (Wildman–Crippen LogP) is 4.85. The van der Waals surface area contributed by atoms with E-state index in [4.69, 9.17) is 4.99 Å². The Morgan fingerprint density at radius 3 is 2.62 bits per heavy atom. The molecule has 2 aliphatic heterocycles. The third-order valence-electron chi connectivity index (χ3n) is 5.90. The van der Waals surface area contributed by atoms with Crippen LogP contribution in [0.3, 0.4) is 0 Å². The van der Waals surface area contributed by atoms with Gasteiger partial charge in [0.25, 0.3) is 0 Å². The summed E-state index contributed by atoms with van der Waals surface area (Å²) in [5.41, 5.74) is 4.20. The summed E-state index contributed by atoms with van der Waals surface area (Å²) >= 11 is 0. The second kappa shape index (κ2) is 6.60. The monoisotopic (exact) mass is 340 g/mol. The normalized spacial score (nSPS) is 19.0. The largest absolute Gasteiger partial charge is 0.352 e. The van der Waals surface area contributed by atoms with Crippen LogP contribution in [-0.2, 0) is 12.8 Å². The molecule has 0 spiro atoms. The zero-order chi connectivity index (χ0) is 17.3. The Kier molecular flexibility index (Phi) is 3.97. The summed E-state index contributed by atoms with van der Waals surface area (Å²) < 4.78 is 0. The van der Waals surface area contributed by atoms with E-state index in [-0.39, 0.29) is 0 Å². The van der Waals surface area contributed by atoms with Gasteiger partial charge in [-0.1, -0.05) is 66.7 Å². The minimum absolute atomic E-state index is 0.649. The van der Waals surface area contributed by atoms with Crippen LogP contribution in [0.2, 0.25) is 0 Å². The lowest BCUT2D eigenvalue weighted by Crippen LogP contribution is -2.32. The molecule has 0 bridgehead atoms. The highest BCUT2D eigenvalue weighted by Crippen LogP contribution is 2.28. The second-order valence-electron chi connectivity index (χ2n) is 7.45. The molecular formula is C24H24N2. The van der Waals surface area contributed by atoms with Gasteiger partial charge in [0.15, 0.2) is 0 Å². The molecule has 130 valence electrons. The first-order valence-corrected chi connectivity index (χ1v) is 9.76. The predicted molar refractivity (Wildman–Crippen MR) is 109 cm³/mol. The zero-order valence-corrected chi connectivity index (χ0v) is 15.1. The minimum atomic E-state index is 0.649. The molecule has 0 saturated carbocycles. The molecule has 26 heavy (non-hydrogen) atoms. The van der Waals surface area contributed by atoms with Gasteiger partial charge in [0.05, 0.1) is 12.6 Å². The molecule has 0 N–H and O–H groups in total. The van der Waals surface area contributed by atoms with E-state index >= 15 is 0 Å². The van der Waals surface area contributed by atoms with Gasteiger partial charge in [0.2, 0.25) is 0 Å². The highest BCUT2D eigenvalue weighted by atomic mass is 15.3. The molecule has 0 unspecified atom stereocenters. The van der Waals surface area contributed by atoms with Crippen LogP contribution in [0, 0.1) is 0 Å². The fourth-order valence-corrected chi connectivity index (χ4v) is 4.56. The van der Waals surface area contributed by atoms with Crippen LogP contribution in [0.5, 0.6) is 0 Å². The highest BCUT2D eigenvalue weighted by Gasteiger charge is 2.32. The Morgan fingerprint density at radius 1 is 0.846 bits per heavy atom. The molecule has 2 heterocycles. The van der Waals surface area contributed by atoms with Crippen LogP contribution in [-0.4, -0.2) is 29.9 Å². The van der Waals surface area contributed by atoms with Crippen LogP contribution < -0.4 is 0 Å². The van der Waals surface area contributed by atoms with E-state index in [1.807, 2.05) is 0 Å². The molecule has 1 saturated heterocycles. The maximum absolute atomic E-state index is 4.90. The summed E-state index contributed by atoms with van der Waals surface area (Å²) in [5.74, 6) is 1.24. The fourth-order valence-electron chi connectivity index (χ4n) is 4.56. The van der Waals surface area contributed by atoms with Crippen LogP contribution in [0.1, 0.15) is 29.5 Å². The molecule has 0 amide bonds. The van der Waals surface area contributed by atoms with Crippen molar-refractivity contribution in [3.05, 3.63) is 83.4 Å². The summed E-state index contributed by atoms with van der Waals surface area (Å²) in [6, 6.07) is 24.9. The van der Waals surface area contributed by atoms with E-state index in [0.717, 1.165) is 19.4 Å². The van der Waals surface area contributed by atoms with Crippen molar-refractivity contribution in [3.63, 3.8) is 0 Å². The Hall–Kier alpha value is -2.61. The van der Waals surface area contributed by atoms with E-state index in [9.17, 15) is 0 Å². The molecule has 2 heteroatoms. The van der Waals surface area contributed by atoms with Crippen molar-refractivity contribution in [1.29, 1.82) is 0 Å². The smallest absolute Gasteiger partial charge is 0.131 e. The number of aliphatic imine (C=N–C) groups is 1. The van der Waals surface area contributed by atoms with Crippen molar-refractivity contribution in [2.75, 3.05) is 13.1 Å². The molecule has 0 radical (unpaired) electrons. The summed E-state index contributed by atoms with van der Waals surface area (Å²) in [6.45, 7) is 2.15. The van der Waals surface area contributed by atoms with Crippen molar-refractivity contribution < 1.29 is 0 Å². The van der Waals surface area contributed by atoms with Crippen molar-refractivity contribution in [1.82, 2.24) is 4.90 Å². The van der Waals surface area contributed by atoms with Gasteiger partial charge >= 0.3 is 0 Å². The number of fused-ring (bicyclic) bond motifs is 2. The number of amidine groups is 1. The molecule has 0 aromatic heterocycles. The number of hydrogen-bond donors (Lipinski definition) is 0. The number of rotatable bonds is 4. The number of nitrogens with zero attached hydrogens (tertiary/aromatic N) is 2. The average molecular weight is 340 g/mol. The maximum atomic E-state index is 4.90. The van der Waals surface area contributed by atoms with Gasteiger partial charge in [-0.15, -0.1) is 0 Å².